The van der Waals surface area contributed by atoms with E-state index in [-0.39, 0.29) is 22.3 Å². The second-order valence-corrected chi connectivity index (χ2v) is 23.7. The van der Waals surface area contributed by atoms with E-state index in [1.54, 1.807) is 0 Å². The minimum Gasteiger partial charge on any atom is -0.0149 e. The van der Waals surface area contributed by atoms with Crippen molar-refractivity contribution in [3.05, 3.63) is 202 Å². The molecule has 0 spiro atoms. The Morgan fingerprint density at radius 1 is 0.507 bits per heavy atom. The van der Waals surface area contributed by atoms with Crippen LogP contribution in [0.2, 0.25) is 0 Å². The molecular formula is C65H64N4OPt. The number of benzene rings is 7. The fourth-order valence-corrected chi connectivity index (χ4v) is 12.0. The van der Waals surface area contributed by atoms with E-state index < -0.39 is 0 Å². The summed E-state index contributed by atoms with van der Waals surface area (Å²) < 4.78 is 15.7. The molecule has 3 heterocycles. The van der Waals surface area contributed by atoms with Gasteiger partial charge >= 0.3 is 328 Å². The number of fused-ring (bicyclic) bond motifs is 5. The second-order valence-electron chi connectivity index (χ2n) is 22.7. The Bertz CT molecular complexity index is 3640. The van der Waals surface area contributed by atoms with Crippen LogP contribution in [-0.2, 0) is 42.0 Å². The molecule has 0 bridgehead atoms. The second kappa shape index (κ2) is 17.9. The van der Waals surface area contributed by atoms with Gasteiger partial charge in [0.05, 0.1) is 0 Å². The molecule has 0 saturated carbocycles. The van der Waals surface area contributed by atoms with Crippen molar-refractivity contribution in [1.29, 1.82) is 0 Å². The van der Waals surface area contributed by atoms with Crippen LogP contribution in [0.1, 0.15) is 115 Å². The van der Waals surface area contributed by atoms with E-state index in [2.05, 4.69) is 259 Å². The summed E-state index contributed by atoms with van der Waals surface area (Å²) in [5, 5.41) is 2.40. The van der Waals surface area contributed by atoms with Gasteiger partial charge in [0.25, 0.3) is 0 Å². The zero-order valence-corrected chi connectivity index (χ0v) is 44.9. The van der Waals surface area contributed by atoms with Crippen molar-refractivity contribution in [3.8, 4) is 45.3 Å². The standard InChI is InChI=1S/C65H64N4O.Pt/c1-63(2,3)46-29-33-57-55(36-46)51-32-31-50(41-60(51)69(57)61-39-47(34-35-66-61)64(4,5)6)70-49-30-28-45-24-16-17-25-56(52(45)40-49)67-42-68(59-27-19-18-26-58(59)67)62-53(43-20-12-10-13-21-43)37-48(65(7,8)9)38-54(62)44-22-14-11-15-23-44;/h10-15,18-23,26-41,56H,16-17,24-25H2,1-9H3;. The van der Waals surface area contributed by atoms with E-state index in [9.17, 15) is 0 Å². The van der Waals surface area contributed by atoms with Gasteiger partial charge in [-0.15, -0.1) is 0 Å². The zero-order chi connectivity index (χ0) is 49.4. The van der Waals surface area contributed by atoms with Gasteiger partial charge in [0.2, 0.25) is 0 Å². The normalized spacial score (nSPS) is 14.5. The van der Waals surface area contributed by atoms with Gasteiger partial charge in [-0.3, -0.25) is 0 Å². The van der Waals surface area contributed by atoms with Crippen LogP contribution in [-0.4, -0.2) is 18.7 Å². The molecule has 10 aromatic rings. The van der Waals surface area contributed by atoms with Gasteiger partial charge < -0.3 is 0 Å². The van der Waals surface area contributed by atoms with E-state index in [1.807, 2.05) is 6.20 Å². The van der Waals surface area contributed by atoms with Gasteiger partial charge in [-0.05, 0) is 46.2 Å². The largest absolute Gasteiger partial charge is 0.0149 e. The Labute approximate surface area is 430 Å². The molecule has 0 N–H and O–H groups in total. The Morgan fingerprint density at radius 3 is 1.77 bits per heavy atom. The Kier molecular flexibility index (Phi) is 11.8. The Hall–Kier alpha value is -6.55. The van der Waals surface area contributed by atoms with Crippen molar-refractivity contribution in [2.45, 2.75) is 110 Å². The summed E-state index contributed by atoms with van der Waals surface area (Å²) in [6.45, 7) is 20.6. The van der Waals surface area contributed by atoms with Gasteiger partial charge in [0.1, 0.15) is 0 Å². The van der Waals surface area contributed by atoms with Crippen LogP contribution in [0.25, 0.3) is 66.6 Å². The van der Waals surface area contributed by atoms with Gasteiger partial charge in [-0.2, -0.15) is 0 Å². The zero-order valence-electron chi connectivity index (χ0n) is 42.6. The summed E-state index contributed by atoms with van der Waals surface area (Å²) in [6.07, 6.45) is 6.29. The van der Waals surface area contributed by atoms with Crippen molar-refractivity contribution in [1.82, 2.24) is 18.7 Å². The molecule has 1 aliphatic rings. The van der Waals surface area contributed by atoms with E-state index in [0.717, 1.165) is 54.0 Å². The number of imidazole rings is 1. The third-order valence-corrected chi connectivity index (χ3v) is 15.8. The van der Waals surface area contributed by atoms with Crippen molar-refractivity contribution >= 4 is 32.8 Å². The first-order valence-corrected chi connectivity index (χ1v) is 26.5. The summed E-state index contributed by atoms with van der Waals surface area (Å²) in [5.74, 6) is 2.55. The molecule has 5 nitrogen and oxygen atoms in total. The average Bonchev–Trinajstić information content (AvgIpc) is 3.74. The molecule has 0 radical (unpaired) electrons. The quantitative estimate of drug-likeness (QED) is 0.149. The van der Waals surface area contributed by atoms with Gasteiger partial charge in [-0.25, -0.2) is 4.98 Å². The molecule has 3 aromatic heterocycles. The number of pyridine rings is 1. The number of aryl methyl sites for hydroxylation is 1. The number of para-hydroxylation sites is 2. The van der Waals surface area contributed by atoms with Crippen molar-refractivity contribution in [2.75, 3.05) is 0 Å². The van der Waals surface area contributed by atoms with Crippen LogP contribution < -0.4 is 4.74 Å². The summed E-state index contributed by atoms with van der Waals surface area (Å²) in [6, 6.07) is 60.7. The molecule has 11 rings (SSSR count). The van der Waals surface area contributed by atoms with E-state index in [4.69, 9.17) is 9.72 Å². The van der Waals surface area contributed by atoms with Crippen molar-refractivity contribution < 1.29 is 24.1 Å². The maximum Gasteiger partial charge on any atom is -0.0149 e. The van der Waals surface area contributed by atoms with Crippen LogP contribution >= 0.6 is 0 Å². The molecular weight excluding hydrogens is 1050 g/mol. The predicted octanol–water partition coefficient (Wildman–Crippen LogP) is 17.3. The number of aromatic nitrogens is 4. The Balaban J connectivity index is 1.07. The van der Waals surface area contributed by atoms with Crippen molar-refractivity contribution in [2.24, 2.45) is 0 Å². The molecule has 360 valence electrons. The maximum atomic E-state index is 7.03. The molecule has 7 aromatic carbocycles. The van der Waals surface area contributed by atoms with Crippen LogP contribution in [0.15, 0.2) is 170 Å². The Morgan fingerprint density at radius 2 is 1.11 bits per heavy atom. The first-order valence-electron chi connectivity index (χ1n) is 25.4. The van der Waals surface area contributed by atoms with Crippen LogP contribution in [0.3, 0.4) is 0 Å². The van der Waals surface area contributed by atoms with Crippen molar-refractivity contribution in [3.63, 3.8) is 0 Å². The number of hydrogen-bond donors (Lipinski definition) is 0. The van der Waals surface area contributed by atoms with Gasteiger partial charge in [0, 0.05) is 6.20 Å². The summed E-state index contributed by atoms with van der Waals surface area (Å²) in [7, 11) is 0. The summed E-state index contributed by atoms with van der Waals surface area (Å²) in [4.78, 5) is 5.00. The van der Waals surface area contributed by atoms with Crippen LogP contribution in [0, 0.1) is 3.80 Å². The SMILES string of the molecule is CC(C)(C)c1ccnc(-n2c3ccc(C(C)(C)C)cc3c3ccc(Oc4ccc5c(c4)C(n4[c](=[Pt])n(-c6c(-c7ccccc7)cc(C(C)(C)C)cc6-c6ccccc6)c6ccccc64)CCCC5)cc32)c1. The molecule has 1 unspecified atom stereocenters. The molecule has 1 aliphatic carbocycles. The topological polar surface area (TPSA) is 36.9 Å². The summed E-state index contributed by atoms with van der Waals surface area (Å²) >= 11 is 2.63. The fourth-order valence-electron chi connectivity index (χ4n) is 10.8. The molecule has 1 atom stereocenters. The number of hydrogen-bond acceptors (Lipinski definition) is 2. The monoisotopic (exact) mass is 1110 g/mol. The number of nitrogens with zero attached hydrogens (tertiary/aromatic N) is 4. The molecule has 71 heavy (non-hydrogen) atoms. The van der Waals surface area contributed by atoms with E-state index >= 15 is 0 Å². The average molecular weight is 1110 g/mol. The third-order valence-electron chi connectivity index (χ3n) is 14.7. The van der Waals surface area contributed by atoms with Crippen LogP contribution in [0.5, 0.6) is 11.5 Å². The first-order chi connectivity index (χ1) is 34.0. The molecule has 6 heteroatoms. The number of rotatable bonds is 7. The first kappa shape index (κ1) is 46.8. The molecule has 0 amide bonds. The molecule has 0 fully saturated rings. The van der Waals surface area contributed by atoms with Gasteiger partial charge in [0.15, 0.2) is 0 Å². The van der Waals surface area contributed by atoms with E-state index in [0.29, 0.717) is 0 Å². The molecule has 0 saturated heterocycles. The predicted molar refractivity (Wildman–Crippen MR) is 292 cm³/mol. The summed E-state index contributed by atoms with van der Waals surface area (Å²) in [5.41, 5.74) is 17.2. The van der Waals surface area contributed by atoms with Crippen LogP contribution in [0.4, 0.5) is 0 Å². The maximum absolute atomic E-state index is 7.03. The minimum absolute atomic E-state index is 0.0124. The minimum atomic E-state index is -0.0586. The van der Waals surface area contributed by atoms with E-state index in [1.165, 1.54) is 81.4 Å². The third kappa shape index (κ3) is 8.65. The van der Waals surface area contributed by atoms with Gasteiger partial charge in [-0.1, -0.05) is 47.6 Å². The smallest absolute Gasteiger partial charge is 0.0149 e. The molecule has 0 aliphatic heterocycles. The fraction of sp³-hybridized carbons (Fsp3) is 0.262. The number of ether oxygens (including phenoxy) is 1.